The lowest BCUT2D eigenvalue weighted by atomic mass is 9.84. The van der Waals surface area contributed by atoms with Gasteiger partial charge in [0.15, 0.2) is 0 Å². The molecule has 1 fully saturated rings. The highest BCUT2D eigenvalue weighted by molar-refractivity contribution is 7.91. The molecule has 0 aliphatic carbocycles. The van der Waals surface area contributed by atoms with Crippen LogP contribution in [0.1, 0.15) is 47.4 Å². The first-order valence-corrected chi connectivity index (χ1v) is 11.9. The second-order valence-corrected chi connectivity index (χ2v) is 11.2. The van der Waals surface area contributed by atoms with E-state index >= 15 is 0 Å². The van der Waals surface area contributed by atoms with E-state index in [2.05, 4.69) is 5.32 Å². The fourth-order valence-corrected chi connectivity index (χ4v) is 6.51. The number of halogens is 1. The SMILES string of the molecule is CC(C)(O)C1CCN(S(=O)(=O)c2cc(C(N)=O)c(NC(=O)c3ccccc3F)s2)CC1. The summed E-state index contributed by atoms with van der Waals surface area (Å²) in [6.07, 6.45) is 0.987. The van der Waals surface area contributed by atoms with Gasteiger partial charge in [0.05, 0.1) is 16.7 Å². The van der Waals surface area contributed by atoms with Crippen LogP contribution >= 0.6 is 11.3 Å². The number of sulfonamides is 1. The Kier molecular flexibility index (Phi) is 6.51. The Balaban J connectivity index is 1.85. The third kappa shape index (κ3) is 4.95. The molecule has 1 aliphatic rings. The zero-order valence-corrected chi connectivity index (χ0v) is 18.7. The van der Waals surface area contributed by atoms with E-state index in [1.54, 1.807) is 13.8 Å². The van der Waals surface area contributed by atoms with Gasteiger partial charge in [-0.2, -0.15) is 4.31 Å². The summed E-state index contributed by atoms with van der Waals surface area (Å²) in [6.45, 7) is 3.84. The fourth-order valence-electron chi connectivity index (χ4n) is 3.52. The highest BCUT2D eigenvalue weighted by atomic mass is 32.2. The third-order valence-corrected chi connectivity index (χ3v) is 8.77. The third-order valence-electron chi connectivity index (χ3n) is 5.37. The van der Waals surface area contributed by atoms with Crippen molar-refractivity contribution in [1.82, 2.24) is 4.31 Å². The van der Waals surface area contributed by atoms with E-state index in [1.165, 1.54) is 22.5 Å². The van der Waals surface area contributed by atoms with E-state index in [9.17, 15) is 27.5 Å². The van der Waals surface area contributed by atoms with Gasteiger partial charge >= 0.3 is 0 Å². The van der Waals surface area contributed by atoms with Crippen molar-refractivity contribution in [2.24, 2.45) is 11.7 Å². The van der Waals surface area contributed by atoms with Gasteiger partial charge in [0.25, 0.3) is 21.8 Å². The van der Waals surface area contributed by atoms with Gasteiger partial charge < -0.3 is 16.2 Å². The fraction of sp³-hybridized carbons (Fsp3) is 0.400. The predicted octanol–water partition coefficient (Wildman–Crippen LogP) is 2.41. The van der Waals surface area contributed by atoms with Crippen molar-refractivity contribution in [3.8, 4) is 0 Å². The lowest BCUT2D eigenvalue weighted by Gasteiger charge is -2.36. The van der Waals surface area contributed by atoms with Crippen molar-refractivity contribution < 1.29 is 27.5 Å². The van der Waals surface area contributed by atoms with Crippen LogP contribution in [0.5, 0.6) is 0 Å². The molecule has 2 amide bonds. The number of hydrogen-bond donors (Lipinski definition) is 3. The standard InChI is InChI=1S/C20H24FN3O5S2/c1-20(2,27)12-7-9-24(10-8-12)31(28,29)16-11-14(17(22)25)19(30-16)23-18(26)13-5-3-4-6-15(13)21/h3-6,11-12,27H,7-10H2,1-2H3,(H2,22,25)(H,23,26). The maximum atomic E-state index is 13.9. The van der Waals surface area contributed by atoms with E-state index in [0.29, 0.717) is 24.2 Å². The van der Waals surface area contributed by atoms with Gasteiger partial charge in [0.1, 0.15) is 15.0 Å². The van der Waals surface area contributed by atoms with Crippen molar-refractivity contribution in [3.05, 3.63) is 47.3 Å². The van der Waals surface area contributed by atoms with Crippen LogP contribution in [0.3, 0.4) is 0 Å². The number of benzene rings is 1. The summed E-state index contributed by atoms with van der Waals surface area (Å²) in [6, 6.07) is 6.42. The molecule has 0 atom stereocenters. The number of thiophene rings is 1. The largest absolute Gasteiger partial charge is 0.390 e. The Morgan fingerprint density at radius 3 is 2.39 bits per heavy atom. The zero-order chi connectivity index (χ0) is 23.0. The minimum Gasteiger partial charge on any atom is -0.390 e. The van der Waals surface area contributed by atoms with Crippen LogP contribution in [0.4, 0.5) is 9.39 Å². The number of primary amides is 1. The number of piperidine rings is 1. The van der Waals surface area contributed by atoms with E-state index < -0.39 is 33.3 Å². The van der Waals surface area contributed by atoms with Crippen molar-refractivity contribution in [3.63, 3.8) is 0 Å². The second kappa shape index (κ2) is 8.65. The van der Waals surface area contributed by atoms with Gasteiger partial charge in [-0.05, 0) is 50.8 Å². The highest BCUT2D eigenvalue weighted by Gasteiger charge is 2.36. The van der Waals surface area contributed by atoms with Crippen LogP contribution in [-0.4, -0.2) is 48.3 Å². The molecule has 1 aromatic heterocycles. The van der Waals surface area contributed by atoms with Gasteiger partial charge in [-0.15, -0.1) is 11.3 Å². The van der Waals surface area contributed by atoms with E-state index in [-0.39, 0.29) is 39.3 Å². The first kappa shape index (κ1) is 23.3. The molecule has 1 aromatic carbocycles. The highest BCUT2D eigenvalue weighted by Crippen LogP contribution is 2.36. The molecule has 0 saturated carbocycles. The van der Waals surface area contributed by atoms with Crippen LogP contribution in [-0.2, 0) is 10.0 Å². The van der Waals surface area contributed by atoms with Gasteiger partial charge in [-0.1, -0.05) is 12.1 Å². The Bertz CT molecular complexity index is 1100. The minimum atomic E-state index is -3.94. The van der Waals surface area contributed by atoms with Crippen molar-refractivity contribution in [2.75, 3.05) is 18.4 Å². The molecule has 0 radical (unpaired) electrons. The monoisotopic (exact) mass is 469 g/mol. The number of carbonyl (C=O) groups is 2. The Morgan fingerprint density at radius 2 is 1.84 bits per heavy atom. The molecule has 0 spiro atoms. The van der Waals surface area contributed by atoms with Gasteiger partial charge in [-0.3, -0.25) is 9.59 Å². The Hall–Kier alpha value is -2.34. The van der Waals surface area contributed by atoms with Gasteiger partial charge in [0, 0.05) is 13.1 Å². The Morgan fingerprint density at radius 1 is 1.23 bits per heavy atom. The second-order valence-electron chi connectivity index (χ2n) is 7.94. The number of nitrogens with two attached hydrogens (primary N) is 1. The average molecular weight is 470 g/mol. The average Bonchev–Trinajstić information content (AvgIpc) is 3.12. The first-order valence-electron chi connectivity index (χ1n) is 9.63. The van der Waals surface area contributed by atoms with Gasteiger partial charge in [0.2, 0.25) is 0 Å². The van der Waals surface area contributed by atoms with Crippen LogP contribution in [0.15, 0.2) is 34.5 Å². The van der Waals surface area contributed by atoms with E-state index in [0.717, 1.165) is 12.1 Å². The van der Waals surface area contributed by atoms with Crippen molar-refractivity contribution >= 4 is 38.2 Å². The number of aliphatic hydroxyl groups is 1. The smallest absolute Gasteiger partial charge is 0.259 e. The molecule has 1 saturated heterocycles. The molecule has 8 nitrogen and oxygen atoms in total. The summed E-state index contributed by atoms with van der Waals surface area (Å²) in [7, 11) is -3.94. The van der Waals surface area contributed by atoms with Crippen LogP contribution < -0.4 is 11.1 Å². The number of amides is 2. The molecule has 0 bridgehead atoms. The quantitative estimate of drug-likeness (QED) is 0.598. The van der Waals surface area contributed by atoms with Crippen LogP contribution in [0, 0.1) is 11.7 Å². The number of rotatable bonds is 6. The summed E-state index contributed by atoms with van der Waals surface area (Å²) in [5, 5.41) is 12.5. The van der Waals surface area contributed by atoms with Crippen molar-refractivity contribution in [1.29, 1.82) is 0 Å². The molecule has 0 unspecified atom stereocenters. The summed E-state index contributed by atoms with van der Waals surface area (Å²) in [4.78, 5) is 24.3. The topological polar surface area (TPSA) is 130 Å². The van der Waals surface area contributed by atoms with Gasteiger partial charge in [-0.25, -0.2) is 12.8 Å². The Labute approximate surface area is 183 Å². The summed E-state index contributed by atoms with van der Waals surface area (Å²) < 4.78 is 41.2. The molecule has 4 N–H and O–H groups in total. The number of carbonyl (C=O) groups excluding carboxylic acids is 2. The van der Waals surface area contributed by atoms with E-state index in [4.69, 9.17) is 5.73 Å². The molecule has 11 heteroatoms. The number of nitrogens with zero attached hydrogens (tertiary/aromatic N) is 1. The maximum Gasteiger partial charge on any atom is 0.259 e. The first-order chi connectivity index (χ1) is 14.4. The molecular formula is C20H24FN3O5S2. The molecule has 31 heavy (non-hydrogen) atoms. The van der Waals surface area contributed by atoms with Crippen molar-refractivity contribution in [2.45, 2.75) is 36.5 Å². The van der Waals surface area contributed by atoms with E-state index in [1.807, 2.05) is 0 Å². The molecule has 2 aromatic rings. The molecular weight excluding hydrogens is 445 g/mol. The number of nitrogens with one attached hydrogen (secondary N) is 1. The van der Waals surface area contributed by atoms with Crippen LogP contribution in [0.25, 0.3) is 0 Å². The number of anilines is 1. The summed E-state index contributed by atoms with van der Waals surface area (Å²) in [5.74, 6) is -2.52. The zero-order valence-electron chi connectivity index (χ0n) is 17.1. The lowest BCUT2D eigenvalue weighted by molar-refractivity contribution is -0.00374. The summed E-state index contributed by atoms with van der Waals surface area (Å²) >= 11 is 0.689. The molecule has 168 valence electrons. The predicted molar refractivity (Wildman–Crippen MR) is 115 cm³/mol. The maximum absolute atomic E-state index is 13.9. The normalized spacial score (nSPS) is 16.3. The minimum absolute atomic E-state index is 0.0286. The molecule has 1 aliphatic heterocycles. The van der Waals surface area contributed by atoms with Crippen LogP contribution in [0.2, 0.25) is 0 Å². The number of hydrogen-bond acceptors (Lipinski definition) is 6. The lowest BCUT2D eigenvalue weighted by Crippen LogP contribution is -2.44. The molecule has 3 rings (SSSR count). The summed E-state index contributed by atoms with van der Waals surface area (Å²) in [5.41, 5.74) is 4.05. The molecule has 2 heterocycles.